The monoisotopic (exact) mass is 331 g/mol. The average molecular weight is 331 g/mol. The molecular formula is C17H26BN3O3. The molecule has 2 fully saturated rings. The van der Waals surface area contributed by atoms with Gasteiger partial charge in [-0.25, -0.2) is 0 Å². The molecule has 0 bridgehead atoms. The molecule has 6 nitrogen and oxygen atoms in total. The lowest BCUT2D eigenvalue weighted by molar-refractivity contribution is -0.119. The third-order valence-electron chi connectivity index (χ3n) is 5.31. The smallest absolute Gasteiger partial charge is 0.399 e. The molecule has 0 N–H and O–H groups in total. The molecule has 0 saturated carbocycles. The lowest BCUT2D eigenvalue weighted by Crippen LogP contribution is -2.45. The van der Waals surface area contributed by atoms with Gasteiger partial charge in [-0.15, -0.1) is 0 Å². The van der Waals surface area contributed by atoms with E-state index in [-0.39, 0.29) is 18.3 Å². The van der Waals surface area contributed by atoms with E-state index in [4.69, 9.17) is 9.31 Å². The summed E-state index contributed by atoms with van der Waals surface area (Å²) in [5.41, 5.74) is 1.29. The van der Waals surface area contributed by atoms with Crippen LogP contribution in [-0.2, 0) is 20.6 Å². The molecule has 0 spiro atoms. The van der Waals surface area contributed by atoms with E-state index in [0.717, 1.165) is 50.3 Å². The summed E-state index contributed by atoms with van der Waals surface area (Å²) in [6, 6.07) is 4.07. The van der Waals surface area contributed by atoms with Crippen molar-refractivity contribution in [2.75, 3.05) is 26.2 Å². The summed E-state index contributed by atoms with van der Waals surface area (Å²) >= 11 is 0. The SMILES string of the molecule is CC1(C)OB(c2ccc(CN3CCN(C=O)CC3)nc2)OC1(C)C. The van der Waals surface area contributed by atoms with Crippen molar-refractivity contribution in [3.63, 3.8) is 0 Å². The lowest BCUT2D eigenvalue weighted by atomic mass is 9.80. The first-order valence-electron chi connectivity index (χ1n) is 8.53. The maximum absolute atomic E-state index is 10.8. The van der Waals surface area contributed by atoms with Gasteiger partial charge in [-0.05, 0) is 33.8 Å². The molecular weight excluding hydrogens is 305 g/mol. The van der Waals surface area contributed by atoms with Crippen LogP contribution >= 0.6 is 0 Å². The first-order chi connectivity index (χ1) is 11.3. The summed E-state index contributed by atoms with van der Waals surface area (Å²) in [7, 11) is -0.368. The number of carbonyl (C=O) groups is 1. The highest BCUT2D eigenvalue weighted by molar-refractivity contribution is 6.62. The molecule has 2 saturated heterocycles. The normalized spacial score (nSPS) is 23.5. The van der Waals surface area contributed by atoms with Crippen molar-refractivity contribution < 1.29 is 14.1 Å². The standard InChI is InChI=1S/C17H26BN3O3/c1-16(2)17(3,4)24-18(23-16)14-5-6-15(19-11-14)12-20-7-9-21(13-22)10-8-20/h5-6,11,13H,7-10,12H2,1-4H3. The van der Waals surface area contributed by atoms with E-state index in [2.05, 4.69) is 9.88 Å². The second-order valence-corrected chi connectivity index (χ2v) is 7.59. The summed E-state index contributed by atoms with van der Waals surface area (Å²) in [5, 5.41) is 0. The molecule has 1 aromatic rings. The molecule has 2 aliphatic rings. The summed E-state index contributed by atoms with van der Waals surface area (Å²) in [6.07, 6.45) is 2.77. The summed E-state index contributed by atoms with van der Waals surface area (Å²) in [5.74, 6) is 0. The molecule has 0 radical (unpaired) electrons. The lowest BCUT2D eigenvalue weighted by Gasteiger charge is -2.32. The third-order valence-corrected chi connectivity index (χ3v) is 5.31. The van der Waals surface area contributed by atoms with Crippen LogP contribution in [0.1, 0.15) is 33.4 Å². The highest BCUT2D eigenvalue weighted by atomic mass is 16.7. The number of carbonyl (C=O) groups excluding carboxylic acids is 1. The van der Waals surface area contributed by atoms with Gasteiger partial charge < -0.3 is 14.2 Å². The summed E-state index contributed by atoms with van der Waals surface area (Å²) in [6.45, 7) is 12.4. The second-order valence-electron chi connectivity index (χ2n) is 7.59. The molecule has 7 heteroatoms. The predicted octanol–water partition coefficient (Wildman–Crippen LogP) is 0.655. The number of hydrogen-bond acceptors (Lipinski definition) is 5. The number of nitrogens with zero attached hydrogens (tertiary/aromatic N) is 3. The fraction of sp³-hybridized carbons (Fsp3) is 0.647. The number of hydrogen-bond donors (Lipinski definition) is 0. The number of pyridine rings is 1. The third kappa shape index (κ3) is 3.48. The van der Waals surface area contributed by atoms with E-state index in [1.165, 1.54) is 0 Å². The zero-order valence-electron chi connectivity index (χ0n) is 15.0. The zero-order chi connectivity index (χ0) is 17.4. The van der Waals surface area contributed by atoms with Gasteiger partial charge in [0.25, 0.3) is 0 Å². The van der Waals surface area contributed by atoms with Crippen LogP contribution in [0.2, 0.25) is 0 Å². The Kier molecular flexibility index (Phi) is 4.68. The topological polar surface area (TPSA) is 54.9 Å². The molecule has 1 aromatic heterocycles. The molecule has 0 aromatic carbocycles. The van der Waals surface area contributed by atoms with Crippen LogP contribution in [0.4, 0.5) is 0 Å². The summed E-state index contributed by atoms with van der Waals surface area (Å²) < 4.78 is 12.1. The van der Waals surface area contributed by atoms with Gasteiger partial charge in [0.15, 0.2) is 0 Å². The van der Waals surface area contributed by atoms with Gasteiger partial charge in [-0.1, -0.05) is 6.07 Å². The minimum Gasteiger partial charge on any atom is -0.399 e. The van der Waals surface area contributed by atoms with Gasteiger partial charge in [0.2, 0.25) is 6.41 Å². The maximum atomic E-state index is 10.8. The molecule has 3 rings (SSSR count). The predicted molar refractivity (Wildman–Crippen MR) is 92.9 cm³/mol. The Morgan fingerprint density at radius 3 is 2.25 bits per heavy atom. The molecule has 0 atom stereocenters. The van der Waals surface area contributed by atoms with Crippen molar-refractivity contribution in [3.8, 4) is 0 Å². The fourth-order valence-corrected chi connectivity index (χ4v) is 2.90. The van der Waals surface area contributed by atoms with Gasteiger partial charge in [0.1, 0.15) is 0 Å². The van der Waals surface area contributed by atoms with Gasteiger partial charge in [-0.2, -0.15) is 0 Å². The molecule has 1 amide bonds. The Morgan fingerprint density at radius 2 is 1.75 bits per heavy atom. The van der Waals surface area contributed by atoms with E-state index in [1.54, 1.807) is 0 Å². The van der Waals surface area contributed by atoms with Gasteiger partial charge in [0, 0.05) is 44.4 Å². The van der Waals surface area contributed by atoms with E-state index in [9.17, 15) is 4.79 Å². The average Bonchev–Trinajstić information content (AvgIpc) is 2.77. The van der Waals surface area contributed by atoms with Crippen molar-refractivity contribution in [1.29, 1.82) is 0 Å². The zero-order valence-corrected chi connectivity index (χ0v) is 15.0. The van der Waals surface area contributed by atoms with Crippen molar-refractivity contribution in [1.82, 2.24) is 14.8 Å². The number of rotatable bonds is 4. The van der Waals surface area contributed by atoms with Crippen molar-refractivity contribution >= 4 is 19.0 Å². The van der Waals surface area contributed by atoms with Gasteiger partial charge in [0.05, 0.1) is 16.9 Å². The molecule has 24 heavy (non-hydrogen) atoms. The summed E-state index contributed by atoms with van der Waals surface area (Å²) in [4.78, 5) is 19.4. The second kappa shape index (κ2) is 6.46. The van der Waals surface area contributed by atoms with E-state index in [0.29, 0.717) is 0 Å². The number of amides is 1. The minimum atomic E-state index is -0.368. The highest BCUT2D eigenvalue weighted by Crippen LogP contribution is 2.36. The van der Waals surface area contributed by atoms with Crippen molar-refractivity contribution in [2.24, 2.45) is 0 Å². The first-order valence-corrected chi connectivity index (χ1v) is 8.53. The van der Waals surface area contributed by atoms with Crippen molar-refractivity contribution in [2.45, 2.75) is 45.4 Å². The van der Waals surface area contributed by atoms with Gasteiger partial charge in [-0.3, -0.25) is 14.7 Å². The van der Waals surface area contributed by atoms with Crippen LogP contribution in [0.5, 0.6) is 0 Å². The van der Waals surface area contributed by atoms with Crippen LogP contribution in [0.25, 0.3) is 0 Å². The first kappa shape index (κ1) is 17.4. The van der Waals surface area contributed by atoms with E-state index in [1.807, 2.05) is 50.9 Å². The largest absolute Gasteiger partial charge is 0.496 e. The number of piperazine rings is 1. The van der Waals surface area contributed by atoms with Crippen LogP contribution in [-0.4, -0.2) is 65.7 Å². The van der Waals surface area contributed by atoms with Gasteiger partial charge >= 0.3 is 7.12 Å². The van der Waals surface area contributed by atoms with Crippen LogP contribution in [0.15, 0.2) is 18.3 Å². The molecule has 3 heterocycles. The van der Waals surface area contributed by atoms with Crippen LogP contribution < -0.4 is 5.46 Å². The maximum Gasteiger partial charge on any atom is 0.496 e. The Hall–Kier alpha value is -1.44. The van der Waals surface area contributed by atoms with Crippen LogP contribution in [0.3, 0.4) is 0 Å². The highest BCUT2D eigenvalue weighted by Gasteiger charge is 2.51. The van der Waals surface area contributed by atoms with E-state index >= 15 is 0 Å². The fourth-order valence-electron chi connectivity index (χ4n) is 2.90. The molecule has 2 aliphatic heterocycles. The van der Waals surface area contributed by atoms with Crippen LogP contribution in [0, 0.1) is 0 Å². The minimum absolute atomic E-state index is 0.339. The Morgan fingerprint density at radius 1 is 1.12 bits per heavy atom. The Balaban J connectivity index is 1.59. The Labute approximate surface area is 144 Å². The quantitative estimate of drug-likeness (QED) is 0.599. The van der Waals surface area contributed by atoms with E-state index < -0.39 is 0 Å². The molecule has 0 aliphatic carbocycles. The molecule has 130 valence electrons. The van der Waals surface area contributed by atoms with Crippen molar-refractivity contribution in [3.05, 3.63) is 24.0 Å². The number of aromatic nitrogens is 1. The molecule has 0 unspecified atom stereocenters. The Bertz CT molecular complexity index is 567.